The van der Waals surface area contributed by atoms with Crippen molar-refractivity contribution in [1.29, 1.82) is 0 Å². The first-order valence-corrected chi connectivity index (χ1v) is 13.3. The maximum atomic E-state index is 13.9. The second-order valence-electron chi connectivity index (χ2n) is 9.50. The van der Waals surface area contributed by atoms with E-state index in [1.165, 1.54) is 10.8 Å². The lowest BCUT2D eigenvalue weighted by Gasteiger charge is -2.32. The normalized spacial score (nSPS) is 11.7. The van der Waals surface area contributed by atoms with E-state index in [1.54, 1.807) is 4.90 Å². The molecule has 0 radical (unpaired) electrons. The molecule has 37 heavy (non-hydrogen) atoms. The van der Waals surface area contributed by atoms with Crippen LogP contribution < -0.4 is 5.32 Å². The summed E-state index contributed by atoms with van der Waals surface area (Å²) >= 11 is 0. The van der Waals surface area contributed by atoms with Crippen molar-refractivity contribution in [2.75, 3.05) is 6.54 Å². The van der Waals surface area contributed by atoms with Crippen LogP contribution in [-0.4, -0.2) is 29.3 Å². The quantitative estimate of drug-likeness (QED) is 0.235. The van der Waals surface area contributed by atoms with Crippen LogP contribution in [0.25, 0.3) is 10.8 Å². The van der Waals surface area contributed by atoms with Crippen LogP contribution in [0.15, 0.2) is 103 Å². The van der Waals surface area contributed by atoms with Crippen molar-refractivity contribution in [2.24, 2.45) is 0 Å². The van der Waals surface area contributed by atoms with E-state index in [9.17, 15) is 9.59 Å². The van der Waals surface area contributed by atoms with Gasteiger partial charge in [0.25, 0.3) is 0 Å². The number of aryl methyl sites for hydroxylation is 1. The highest BCUT2D eigenvalue weighted by Gasteiger charge is 2.30. The topological polar surface area (TPSA) is 49.4 Å². The third-order valence-corrected chi connectivity index (χ3v) is 6.78. The monoisotopic (exact) mass is 492 g/mol. The van der Waals surface area contributed by atoms with Gasteiger partial charge in [0.15, 0.2) is 0 Å². The minimum absolute atomic E-state index is 0.0108. The number of rotatable bonds is 12. The third kappa shape index (κ3) is 7.29. The first-order chi connectivity index (χ1) is 18.2. The Hall–Kier alpha value is -3.92. The molecular weight excluding hydrogens is 456 g/mol. The van der Waals surface area contributed by atoms with Gasteiger partial charge in [0, 0.05) is 25.9 Å². The highest BCUT2D eigenvalue weighted by molar-refractivity contribution is 5.89. The Morgan fingerprint density at radius 2 is 1.43 bits per heavy atom. The van der Waals surface area contributed by atoms with Crippen molar-refractivity contribution in [1.82, 2.24) is 10.2 Å². The van der Waals surface area contributed by atoms with Gasteiger partial charge in [-0.25, -0.2) is 0 Å². The van der Waals surface area contributed by atoms with Gasteiger partial charge in [-0.3, -0.25) is 9.59 Å². The van der Waals surface area contributed by atoms with E-state index < -0.39 is 6.04 Å². The molecule has 0 aliphatic rings. The number of nitrogens with one attached hydrogen (secondary N) is 1. The molecule has 4 nitrogen and oxygen atoms in total. The predicted molar refractivity (Wildman–Crippen MR) is 151 cm³/mol. The molecule has 4 aromatic carbocycles. The fourth-order valence-corrected chi connectivity index (χ4v) is 4.74. The molecule has 4 rings (SSSR count). The Labute approximate surface area is 220 Å². The van der Waals surface area contributed by atoms with E-state index in [4.69, 9.17) is 0 Å². The summed E-state index contributed by atoms with van der Waals surface area (Å²) in [5.74, 6) is -0.102. The molecular formula is C33H36N2O2. The van der Waals surface area contributed by atoms with Crippen LogP contribution in [-0.2, 0) is 29.0 Å². The average Bonchev–Trinajstić information content (AvgIpc) is 2.94. The summed E-state index contributed by atoms with van der Waals surface area (Å²) in [5.41, 5.74) is 3.21. The molecule has 0 spiro atoms. The average molecular weight is 493 g/mol. The number of unbranched alkanes of at least 4 members (excludes halogenated alkanes) is 1. The highest BCUT2D eigenvalue weighted by Crippen LogP contribution is 2.21. The molecule has 0 heterocycles. The Morgan fingerprint density at radius 3 is 2.16 bits per heavy atom. The first kappa shape index (κ1) is 26.2. The zero-order valence-electron chi connectivity index (χ0n) is 21.6. The molecule has 0 aliphatic carbocycles. The molecule has 0 saturated heterocycles. The number of carbonyl (C=O) groups excluding carboxylic acids is 2. The number of benzene rings is 4. The maximum absolute atomic E-state index is 13.9. The van der Waals surface area contributed by atoms with Crippen molar-refractivity contribution >= 4 is 22.6 Å². The van der Waals surface area contributed by atoms with Crippen molar-refractivity contribution in [2.45, 2.75) is 51.6 Å². The fraction of sp³-hybridized carbons (Fsp3) is 0.273. The van der Waals surface area contributed by atoms with E-state index in [0.29, 0.717) is 32.4 Å². The standard InChI is InChI=1S/C33H36N2O2/c1-2-3-23-34-33(37)31(24-26-13-6-4-7-14-26)35(25-27-15-8-5-9-16-27)32(36)22-21-29-19-12-18-28-17-10-11-20-30(28)29/h4-20,31H,2-3,21-25H2,1H3,(H,34,37)/t31-/m1/s1. The zero-order valence-corrected chi connectivity index (χ0v) is 21.6. The maximum Gasteiger partial charge on any atom is 0.243 e. The second kappa shape index (κ2) is 13.4. The summed E-state index contributed by atoms with van der Waals surface area (Å²) in [6.45, 7) is 3.12. The number of nitrogens with zero attached hydrogens (tertiary/aromatic N) is 1. The van der Waals surface area contributed by atoms with Gasteiger partial charge in [0.2, 0.25) is 11.8 Å². The van der Waals surface area contributed by atoms with Gasteiger partial charge in [-0.05, 0) is 40.3 Å². The summed E-state index contributed by atoms with van der Waals surface area (Å²) in [6, 6.07) is 33.8. The van der Waals surface area contributed by atoms with Crippen LogP contribution >= 0.6 is 0 Å². The summed E-state index contributed by atoms with van der Waals surface area (Å²) in [4.78, 5) is 29.2. The van der Waals surface area contributed by atoms with Crippen LogP contribution in [0.4, 0.5) is 0 Å². The lowest BCUT2D eigenvalue weighted by atomic mass is 9.99. The zero-order chi connectivity index (χ0) is 25.9. The summed E-state index contributed by atoms with van der Waals surface area (Å²) in [6.07, 6.45) is 3.36. The van der Waals surface area contributed by atoms with E-state index >= 15 is 0 Å². The lowest BCUT2D eigenvalue weighted by Crippen LogP contribution is -2.50. The Morgan fingerprint density at radius 1 is 0.784 bits per heavy atom. The largest absolute Gasteiger partial charge is 0.354 e. The number of amides is 2. The van der Waals surface area contributed by atoms with Gasteiger partial charge in [-0.1, -0.05) is 116 Å². The van der Waals surface area contributed by atoms with Crippen LogP contribution in [0.5, 0.6) is 0 Å². The molecule has 0 bridgehead atoms. The van der Waals surface area contributed by atoms with E-state index in [1.807, 2.05) is 78.9 Å². The predicted octanol–water partition coefficient (Wildman–Crippen LogP) is 6.33. The fourth-order valence-electron chi connectivity index (χ4n) is 4.74. The molecule has 2 amide bonds. The first-order valence-electron chi connectivity index (χ1n) is 13.3. The van der Waals surface area contributed by atoms with Crippen LogP contribution in [0.2, 0.25) is 0 Å². The number of hydrogen-bond acceptors (Lipinski definition) is 2. The highest BCUT2D eigenvalue weighted by atomic mass is 16.2. The lowest BCUT2D eigenvalue weighted by molar-refractivity contribution is -0.141. The van der Waals surface area contributed by atoms with Gasteiger partial charge in [-0.15, -0.1) is 0 Å². The molecule has 4 aromatic rings. The molecule has 0 aromatic heterocycles. The number of carbonyl (C=O) groups is 2. The van der Waals surface area contributed by atoms with Crippen molar-refractivity contribution in [3.05, 3.63) is 120 Å². The Bertz CT molecular complexity index is 1280. The van der Waals surface area contributed by atoms with Crippen molar-refractivity contribution < 1.29 is 9.59 Å². The van der Waals surface area contributed by atoms with Gasteiger partial charge < -0.3 is 10.2 Å². The Balaban J connectivity index is 1.61. The van der Waals surface area contributed by atoms with Gasteiger partial charge in [0.1, 0.15) is 6.04 Å². The van der Waals surface area contributed by atoms with E-state index in [2.05, 4.69) is 36.5 Å². The van der Waals surface area contributed by atoms with Crippen LogP contribution in [0, 0.1) is 0 Å². The van der Waals surface area contributed by atoms with Gasteiger partial charge >= 0.3 is 0 Å². The molecule has 1 atom stereocenters. The second-order valence-corrected chi connectivity index (χ2v) is 9.50. The van der Waals surface area contributed by atoms with Gasteiger partial charge in [0.05, 0.1) is 0 Å². The number of hydrogen-bond donors (Lipinski definition) is 1. The van der Waals surface area contributed by atoms with Crippen molar-refractivity contribution in [3.63, 3.8) is 0 Å². The summed E-state index contributed by atoms with van der Waals surface area (Å²) < 4.78 is 0. The van der Waals surface area contributed by atoms with E-state index in [0.717, 1.165) is 29.5 Å². The molecule has 0 fully saturated rings. The van der Waals surface area contributed by atoms with Gasteiger partial charge in [-0.2, -0.15) is 0 Å². The minimum atomic E-state index is -0.584. The van der Waals surface area contributed by atoms with Crippen LogP contribution in [0.3, 0.4) is 0 Å². The summed E-state index contributed by atoms with van der Waals surface area (Å²) in [7, 11) is 0. The SMILES string of the molecule is CCCCNC(=O)[C@@H](Cc1ccccc1)N(Cc1ccccc1)C(=O)CCc1cccc2ccccc12. The number of fused-ring (bicyclic) bond motifs is 1. The van der Waals surface area contributed by atoms with Crippen molar-refractivity contribution in [3.8, 4) is 0 Å². The molecule has 0 aliphatic heterocycles. The van der Waals surface area contributed by atoms with E-state index in [-0.39, 0.29) is 11.8 Å². The molecule has 0 unspecified atom stereocenters. The summed E-state index contributed by atoms with van der Waals surface area (Å²) in [5, 5.41) is 5.43. The third-order valence-electron chi connectivity index (χ3n) is 6.78. The smallest absolute Gasteiger partial charge is 0.243 e. The van der Waals surface area contributed by atoms with Crippen LogP contribution in [0.1, 0.15) is 42.9 Å². The molecule has 190 valence electrons. The minimum Gasteiger partial charge on any atom is -0.354 e. The molecule has 0 saturated carbocycles. The molecule has 1 N–H and O–H groups in total. The Kier molecular flexibility index (Phi) is 9.47. The molecule has 4 heteroatoms.